The molecule has 1 heterocycles. The highest BCUT2D eigenvalue weighted by Gasteiger charge is 2.08. The Kier molecular flexibility index (Phi) is 6.24. The number of aromatic nitrogens is 1. The zero-order valence-corrected chi connectivity index (χ0v) is 16.7. The average molecular weight is 381 g/mol. The average Bonchev–Trinajstić information content (AvgIpc) is 3.16. The van der Waals surface area contributed by atoms with E-state index in [1.54, 1.807) is 11.3 Å². The van der Waals surface area contributed by atoms with E-state index in [1.165, 1.54) is 5.56 Å². The first kappa shape index (κ1) is 19.1. The fourth-order valence-corrected chi connectivity index (χ4v) is 3.33. The van der Waals surface area contributed by atoms with E-state index in [4.69, 9.17) is 9.72 Å². The first-order valence-electron chi connectivity index (χ1n) is 9.04. The molecular formula is C22H24N2O2S. The van der Waals surface area contributed by atoms with Gasteiger partial charge in [-0.2, -0.15) is 0 Å². The Labute approximate surface area is 164 Å². The van der Waals surface area contributed by atoms with Gasteiger partial charge in [-0.25, -0.2) is 9.78 Å². The van der Waals surface area contributed by atoms with Crippen molar-refractivity contribution >= 4 is 17.4 Å². The zero-order valence-electron chi connectivity index (χ0n) is 15.9. The van der Waals surface area contributed by atoms with Gasteiger partial charge in [-0.1, -0.05) is 67.9 Å². The van der Waals surface area contributed by atoms with Crippen molar-refractivity contribution in [1.29, 1.82) is 0 Å². The highest BCUT2D eigenvalue weighted by molar-refractivity contribution is 7.13. The standard InChI is InChI=1S/C22H24N2O2S/c1-15(2)13-26-22(25)23-12-17-6-10-19(11-7-17)21-24-20(14-27-21)18-8-4-16(3)5-9-18/h4-11,14-15H,12-13H2,1-3H3,(H,23,25). The van der Waals surface area contributed by atoms with Crippen LogP contribution >= 0.6 is 11.3 Å². The number of alkyl carbamates (subject to hydrolysis) is 1. The molecule has 0 unspecified atom stereocenters. The lowest BCUT2D eigenvalue weighted by Gasteiger charge is -2.09. The van der Waals surface area contributed by atoms with E-state index < -0.39 is 0 Å². The topological polar surface area (TPSA) is 51.2 Å². The highest BCUT2D eigenvalue weighted by atomic mass is 32.1. The van der Waals surface area contributed by atoms with Crippen molar-refractivity contribution in [3.05, 3.63) is 65.0 Å². The van der Waals surface area contributed by atoms with Gasteiger partial charge in [-0.3, -0.25) is 0 Å². The maximum Gasteiger partial charge on any atom is 0.407 e. The maximum atomic E-state index is 11.6. The minimum Gasteiger partial charge on any atom is -0.449 e. The van der Waals surface area contributed by atoms with E-state index in [0.29, 0.717) is 19.1 Å². The van der Waals surface area contributed by atoms with Crippen molar-refractivity contribution < 1.29 is 9.53 Å². The molecule has 4 nitrogen and oxygen atoms in total. The first-order valence-corrected chi connectivity index (χ1v) is 9.92. The summed E-state index contributed by atoms with van der Waals surface area (Å²) in [5.74, 6) is 0.332. The molecule has 0 bridgehead atoms. The molecule has 5 heteroatoms. The second kappa shape index (κ2) is 8.82. The van der Waals surface area contributed by atoms with Crippen molar-refractivity contribution in [3.8, 4) is 21.8 Å². The van der Waals surface area contributed by atoms with Gasteiger partial charge in [-0.15, -0.1) is 11.3 Å². The normalized spacial score (nSPS) is 10.8. The van der Waals surface area contributed by atoms with Gasteiger partial charge in [0.25, 0.3) is 0 Å². The number of rotatable bonds is 6. The predicted molar refractivity (Wildman–Crippen MR) is 111 cm³/mol. The molecule has 0 aliphatic rings. The van der Waals surface area contributed by atoms with Gasteiger partial charge in [0, 0.05) is 23.1 Å². The number of aryl methyl sites for hydroxylation is 1. The van der Waals surface area contributed by atoms with Crippen LogP contribution in [0.1, 0.15) is 25.0 Å². The number of amides is 1. The molecule has 0 radical (unpaired) electrons. The van der Waals surface area contributed by atoms with Crippen molar-refractivity contribution in [2.75, 3.05) is 6.61 Å². The summed E-state index contributed by atoms with van der Waals surface area (Å²) in [4.78, 5) is 16.4. The summed E-state index contributed by atoms with van der Waals surface area (Å²) in [5.41, 5.74) is 5.46. The number of nitrogens with zero attached hydrogens (tertiary/aromatic N) is 1. The Balaban J connectivity index is 1.60. The molecule has 0 saturated heterocycles. The van der Waals surface area contributed by atoms with Gasteiger partial charge in [0.1, 0.15) is 5.01 Å². The molecule has 2 aromatic carbocycles. The van der Waals surface area contributed by atoms with Crippen molar-refractivity contribution in [2.24, 2.45) is 5.92 Å². The molecule has 0 spiro atoms. The number of hydrogen-bond donors (Lipinski definition) is 1. The van der Waals surface area contributed by atoms with Crippen LogP contribution < -0.4 is 5.32 Å². The molecule has 0 aliphatic carbocycles. The molecule has 27 heavy (non-hydrogen) atoms. The van der Waals surface area contributed by atoms with E-state index in [9.17, 15) is 4.79 Å². The third-order valence-corrected chi connectivity index (χ3v) is 4.93. The summed E-state index contributed by atoms with van der Waals surface area (Å²) in [5, 5.41) is 5.84. The molecule has 1 aromatic heterocycles. The molecule has 140 valence electrons. The second-order valence-corrected chi connectivity index (χ2v) is 7.80. The predicted octanol–water partition coefficient (Wildman–Crippen LogP) is 5.67. The Hall–Kier alpha value is -2.66. The number of carbonyl (C=O) groups excluding carboxylic acids is 1. The number of thiazole rings is 1. The van der Waals surface area contributed by atoms with Crippen molar-refractivity contribution in [2.45, 2.75) is 27.3 Å². The summed E-state index contributed by atoms with van der Waals surface area (Å²) in [7, 11) is 0. The van der Waals surface area contributed by atoms with E-state index in [1.807, 2.05) is 38.1 Å². The Morgan fingerprint density at radius 2 is 1.74 bits per heavy atom. The summed E-state index contributed by atoms with van der Waals surface area (Å²) in [6.45, 7) is 6.97. The Bertz CT molecular complexity index is 883. The summed E-state index contributed by atoms with van der Waals surface area (Å²) < 4.78 is 5.11. The van der Waals surface area contributed by atoms with Gasteiger partial charge in [0.15, 0.2) is 0 Å². The monoisotopic (exact) mass is 380 g/mol. The molecule has 3 rings (SSSR count). The Morgan fingerprint density at radius 1 is 1.07 bits per heavy atom. The number of hydrogen-bond acceptors (Lipinski definition) is 4. The lowest BCUT2D eigenvalue weighted by atomic mass is 10.1. The molecule has 0 saturated carbocycles. The fraction of sp³-hybridized carbons (Fsp3) is 0.273. The fourth-order valence-electron chi connectivity index (χ4n) is 2.50. The summed E-state index contributed by atoms with van der Waals surface area (Å²) >= 11 is 1.63. The molecule has 3 aromatic rings. The van der Waals surface area contributed by atoms with E-state index in [2.05, 4.69) is 41.9 Å². The van der Waals surface area contributed by atoms with Crippen LogP contribution in [0.4, 0.5) is 4.79 Å². The quantitative estimate of drug-likeness (QED) is 0.599. The van der Waals surface area contributed by atoms with Gasteiger partial charge < -0.3 is 10.1 Å². The molecule has 1 N–H and O–H groups in total. The SMILES string of the molecule is Cc1ccc(-c2csc(-c3ccc(CNC(=O)OCC(C)C)cc3)n2)cc1. The van der Waals surface area contributed by atoms with Crippen LogP contribution in [0.5, 0.6) is 0 Å². The van der Waals surface area contributed by atoms with Crippen LogP contribution in [0.3, 0.4) is 0 Å². The van der Waals surface area contributed by atoms with Gasteiger partial charge in [-0.05, 0) is 18.4 Å². The smallest absolute Gasteiger partial charge is 0.407 e. The van der Waals surface area contributed by atoms with Gasteiger partial charge >= 0.3 is 6.09 Å². The van der Waals surface area contributed by atoms with E-state index in [-0.39, 0.29) is 6.09 Å². The molecule has 0 atom stereocenters. The summed E-state index contributed by atoms with van der Waals surface area (Å²) in [6.07, 6.45) is -0.379. The van der Waals surface area contributed by atoms with Crippen LogP contribution in [0.2, 0.25) is 0 Å². The lowest BCUT2D eigenvalue weighted by Crippen LogP contribution is -2.25. The number of benzene rings is 2. The number of nitrogens with one attached hydrogen (secondary N) is 1. The van der Waals surface area contributed by atoms with Gasteiger partial charge in [0.05, 0.1) is 12.3 Å². The largest absolute Gasteiger partial charge is 0.449 e. The number of carbonyl (C=O) groups is 1. The lowest BCUT2D eigenvalue weighted by molar-refractivity contribution is 0.132. The molecule has 0 fully saturated rings. The third-order valence-electron chi connectivity index (χ3n) is 4.04. The highest BCUT2D eigenvalue weighted by Crippen LogP contribution is 2.29. The van der Waals surface area contributed by atoms with E-state index >= 15 is 0 Å². The first-order chi connectivity index (χ1) is 13.0. The van der Waals surface area contributed by atoms with Crippen LogP contribution in [-0.4, -0.2) is 17.7 Å². The third kappa shape index (κ3) is 5.41. The van der Waals surface area contributed by atoms with Gasteiger partial charge in [0.2, 0.25) is 0 Å². The van der Waals surface area contributed by atoms with Crippen LogP contribution in [-0.2, 0) is 11.3 Å². The minimum absolute atomic E-state index is 0.332. The van der Waals surface area contributed by atoms with Crippen molar-refractivity contribution in [3.63, 3.8) is 0 Å². The zero-order chi connectivity index (χ0) is 19.2. The Morgan fingerprint density at radius 3 is 2.41 bits per heavy atom. The minimum atomic E-state index is -0.379. The van der Waals surface area contributed by atoms with Crippen LogP contribution in [0.15, 0.2) is 53.9 Å². The van der Waals surface area contributed by atoms with E-state index in [0.717, 1.165) is 27.4 Å². The van der Waals surface area contributed by atoms with Crippen LogP contribution in [0, 0.1) is 12.8 Å². The number of ether oxygens (including phenoxy) is 1. The summed E-state index contributed by atoms with van der Waals surface area (Å²) in [6, 6.07) is 16.5. The molecular weight excluding hydrogens is 356 g/mol. The van der Waals surface area contributed by atoms with Crippen molar-refractivity contribution in [1.82, 2.24) is 10.3 Å². The molecule has 0 aliphatic heterocycles. The second-order valence-electron chi connectivity index (χ2n) is 6.95. The maximum absolute atomic E-state index is 11.6. The van der Waals surface area contributed by atoms with Crippen LogP contribution in [0.25, 0.3) is 21.8 Å². The molecule has 1 amide bonds.